The van der Waals surface area contributed by atoms with Crippen LogP contribution in [0.2, 0.25) is 0 Å². The van der Waals surface area contributed by atoms with E-state index in [9.17, 15) is 0 Å². The first-order valence-corrected chi connectivity index (χ1v) is 8.99. The highest BCUT2D eigenvalue weighted by Crippen LogP contribution is 2.32. The number of para-hydroxylation sites is 1. The van der Waals surface area contributed by atoms with E-state index in [1.165, 1.54) is 18.4 Å². The fourth-order valence-electron chi connectivity index (χ4n) is 3.07. The van der Waals surface area contributed by atoms with Gasteiger partial charge in [-0.25, -0.2) is 0 Å². The molecule has 5 nitrogen and oxygen atoms in total. The summed E-state index contributed by atoms with van der Waals surface area (Å²) in [5, 5.41) is 3.51. The summed E-state index contributed by atoms with van der Waals surface area (Å²) in [7, 11) is 3.90. The van der Waals surface area contributed by atoms with E-state index in [0.29, 0.717) is 5.92 Å². The van der Waals surface area contributed by atoms with Crippen LogP contribution in [0.15, 0.2) is 29.3 Å². The third-order valence-electron chi connectivity index (χ3n) is 4.78. The lowest BCUT2D eigenvalue weighted by molar-refractivity contribution is 0.115. The number of guanidine groups is 1. The fourth-order valence-corrected chi connectivity index (χ4v) is 3.07. The number of likely N-dealkylation sites (N-methyl/N-ethyl adjacent to an activating group) is 1. The summed E-state index contributed by atoms with van der Waals surface area (Å²) < 4.78 is 11.5. The Kier molecular flexibility index (Phi) is 5.96. The Hall–Kier alpha value is -1.75. The van der Waals surface area contributed by atoms with E-state index in [1.807, 2.05) is 13.1 Å². The molecule has 1 aromatic carbocycles. The number of nitrogens with one attached hydrogen (secondary N) is 1. The first-order valence-electron chi connectivity index (χ1n) is 8.99. The number of nitrogens with zero attached hydrogens (tertiary/aromatic N) is 2. The number of rotatable bonds is 7. The molecule has 0 saturated heterocycles. The van der Waals surface area contributed by atoms with Crippen LogP contribution < -0.4 is 10.1 Å². The molecule has 1 N–H and O–H groups in total. The first kappa shape index (κ1) is 17.1. The van der Waals surface area contributed by atoms with Crippen LogP contribution in [0.25, 0.3) is 0 Å². The van der Waals surface area contributed by atoms with E-state index in [4.69, 9.17) is 9.47 Å². The van der Waals surface area contributed by atoms with E-state index >= 15 is 0 Å². The number of fused-ring (bicyclic) bond motifs is 1. The minimum Gasteiger partial charge on any atom is -0.493 e. The average Bonchev–Trinajstić information content (AvgIpc) is 3.44. The largest absolute Gasteiger partial charge is 0.493 e. The molecule has 1 saturated carbocycles. The monoisotopic (exact) mass is 331 g/mol. The zero-order valence-corrected chi connectivity index (χ0v) is 14.8. The lowest BCUT2D eigenvalue weighted by atomic mass is 9.93. The summed E-state index contributed by atoms with van der Waals surface area (Å²) >= 11 is 0. The third-order valence-corrected chi connectivity index (χ3v) is 4.78. The van der Waals surface area contributed by atoms with Crippen LogP contribution in [-0.2, 0) is 4.74 Å². The molecule has 24 heavy (non-hydrogen) atoms. The third kappa shape index (κ3) is 4.63. The standard InChI is InChI=1S/C19H29N3O2/c1-20-19(22(2)10-12-23-14-15-7-8-15)21-13-16-9-11-24-18-6-4-3-5-17(16)18/h3-6,15-16H,7-14H2,1-2H3,(H,20,21). The zero-order valence-electron chi connectivity index (χ0n) is 14.8. The molecule has 1 aromatic rings. The van der Waals surface area contributed by atoms with Gasteiger partial charge in [0.2, 0.25) is 0 Å². The number of hydrogen-bond donors (Lipinski definition) is 1. The van der Waals surface area contributed by atoms with E-state index in [1.54, 1.807) is 0 Å². The van der Waals surface area contributed by atoms with E-state index in [0.717, 1.165) is 57.0 Å². The van der Waals surface area contributed by atoms with E-state index in [-0.39, 0.29) is 0 Å². The highest BCUT2D eigenvalue weighted by Gasteiger charge is 2.22. The molecule has 1 unspecified atom stereocenters. The summed E-state index contributed by atoms with van der Waals surface area (Å²) in [6.45, 7) is 4.19. The number of aliphatic imine (C=N–C) groups is 1. The van der Waals surface area contributed by atoms with Crippen LogP contribution in [0.5, 0.6) is 5.75 Å². The molecule has 3 rings (SSSR count). The number of benzene rings is 1. The van der Waals surface area contributed by atoms with Crippen LogP contribution in [0.3, 0.4) is 0 Å². The van der Waals surface area contributed by atoms with Gasteiger partial charge in [-0.05, 0) is 36.8 Å². The molecule has 1 aliphatic heterocycles. The van der Waals surface area contributed by atoms with Gasteiger partial charge in [0.15, 0.2) is 5.96 Å². The number of hydrogen-bond acceptors (Lipinski definition) is 3. The molecule has 0 bridgehead atoms. The lowest BCUT2D eigenvalue weighted by Gasteiger charge is -2.28. The fraction of sp³-hybridized carbons (Fsp3) is 0.632. The predicted molar refractivity (Wildman–Crippen MR) is 96.8 cm³/mol. The van der Waals surface area contributed by atoms with Gasteiger partial charge >= 0.3 is 0 Å². The Morgan fingerprint density at radius 2 is 2.17 bits per heavy atom. The second kappa shape index (κ2) is 8.38. The predicted octanol–water partition coefficient (Wildman–Crippen LogP) is 2.49. The van der Waals surface area contributed by atoms with Gasteiger partial charge in [0.1, 0.15) is 5.75 Å². The smallest absolute Gasteiger partial charge is 0.193 e. The van der Waals surface area contributed by atoms with Crippen LogP contribution >= 0.6 is 0 Å². The number of ether oxygens (including phenoxy) is 2. The maximum atomic E-state index is 5.74. The summed E-state index contributed by atoms with van der Waals surface area (Å²) in [5.41, 5.74) is 1.29. The van der Waals surface area contributed by atoms with Gasteiger partial charge in [-0.3, -0.25) is 4.99 Å². The molecule has 0 aromatic heterocycles. The summed E-state index contributed by atoms with van der Waals surface area (Å²) in [6, 6.07) is 8.33. The molecule has 2 aliphatic rings. The molecule has 1 aliphatic carbocycles. The minimum atomic E-state index is 0.464. The van der Waals surface area contributed by atoms with Crippen LogP contribution in [-0.4, -0.2) is 57.9 Å². The molecule has 5 heteroatoms. The Morgan fingerprint density at radius 1 is 1.33 bits per heavy atom. The van der Waals surface area contributed by atoms with Gasteiger partial charge in [-0.2, -0.15) is 0 Å². The molecule has 1 fully saturated rings. The summed E-state index contributed by atoms with van der Waals surface area (Å²) in [5.74, 6) is 3.23. The van der Waals surface area contributed by atoms with Crippen molar-refractivity contribution in [3.05, 3.63) is 29.8 Å². The summed E-state index contributed by atoms with van der Waals surface area (Å²) in [6.07, 6.45) is 3.71. The van der Waals surface area contributed by atoms with Gasteiger partial charge in [-0.1, -0.05) is 18.2 Å². The van der Waals surface area contributed by atoms with Gasteiger partial charge in [-0.15, -0.1) is 0 Å². The van der Waals surface area contributed by atoms with Crippen molar-refractivity contribution >= 4 is 5.96 Å². The molecule has 0 spiro atoms. The van der Waals surface area contributed by atoms with Crippen molar-refractivity contribution < 1.29 is 9.47 Å². The molecule has 0 amide bonds. The maximum absolute atomic E-state index is 5.74. The molecule has 132 valence electrons. The summed E-state index contributed by atoms with van der Waals surface area (Å²) in [4.78, 5) is 6.54. The van der Waals surface area contributed by atoms with Crippen LogP contribution in [0, 0.1) is 5.92 Å². The van der Waals surface area contributed by atoms with Gasteiger partial charge in [0.25, 0.3) is 0 Å². The van der Waals surface area contributed by atoms with Crippen molar-refractivity contribution in [3.63, 3.8) is 0 Å². The lowest BCUT2D eigenvalue weighted by Crippen LogP contribution is -2.42. The molecule has 0 radical (unpaired) electrons. The Labute approximate surface area is 145 Å². The Morgan fingerprint density at radius 3 is 2.96 bits per heavy atom. The second-order valence-electron chi connectivity index (χ2n) is 6.74. The van der Waals surface area contributed by atoms with Crippen molar-refractivity contribution in [3.8, 4) is 5.75 Å². The highest BCUT2D eigenvalue weighted by atomic mass is 16.5. The molecule has 1 heterocycles. The van der Waals surface area contributed by atoms with Crippen molar-refractivity contribution in [2.45, 2.75) is 25.2 Å². The van der Waals surface area contributed by atoms with Crippen LogP contribution in [0.1, 0.15) is 30.7 Å². The van der Waals surface area contributed by atoms with E-state index < -0.39 is 0 Å². The van der Waals surface area contributed by atoms with Crippen molar-refractivity contribution in [2.75, 3.05) is 47.0 Å². The van der Waals surface area contributed by atoms with Crippen LogP contribution in [0.4, 0.5) is 0 Å². The minimum absolute atomic E-state index is 0.464. The van der Waals surface area contributed by atoms with Crippen molar-refractivity contribution in [2.24, 2.45) is 10.9 Å². The normalized spacial score (nSPS) is 20.2. The SMILES string of the molecule is CN=C(NCC1CCOc2ccccc21)N(C)CCOCC1CC1. The Bertz CT molecular complexity index is 557. The van der Waals surface area contributed by atoms with Crippen molar-refractivity contribution in [1.29, 1.82) is 0 Å². The Balaban J connectivity index is 1.45. The topological polar surface area (TPSA) is 46.1 Å². The van der Waals surface area contributed by atoms with Gasteiger partial charge in [0.05, 0.1) is 13.2 Å². The second-order valence-corrected chi connectivity index (χ2v) is 6.74. The molecule has 1 atom stereocenters. The van der Waals surface area contributed by atoms with Gasteiger partial charge in [0, 0.05) is 39.7 Å². The molecular formula is C19H29N3O2. The van der Waals surface area contributed by atoms with E-state index in [2.05, 4.69) is 40.5 Å². The molecular weight excluding hydrogens is 302 g/mol. The van der Waals surface area contributed by atoms with Gasteiger partial charge < -0.3 is 19.7 Å². The highest BCUT2D eigenvalue weighted by molar-refractivity contribution is 5.79. The van der Waals surface area contributed by atoms with Crippen molar-refractivity contribution in [1.82, 2.24) is 10.2 Å². The quantitative estimate of drug-likeness (QED) is 0.474. The zero-order chi connectivity index (χ0) is 16.8. The first-order chi connectivity index (χ1) is 11.8. The maximum Gasteiger partial charge on any atom is 0.193 e. The average molecular weight is 331 g/mol.